The summed E-state index contributed by atoms with van der Waals surface area (Å²) in [5, 5.41) is 11.9. The van der Waals surface area contributed by atoms with Crippen molar-refractivity contribution in [3.63, 3.8) is 0 Å². The summed E-state index contributed by atoms with van der Waals surface area (Å²) in [6.45, 7) is 2.00. The minimum Gasteiger partial charge on any atom is -0.312 e. The van der Waals surface area contributed by atoms with Gasteiger partial charge in [-0.25, -0.2) is 0 Å². The summed E-state index contributed by atoms with van der Waals surface area (Å²) >= 11 is 1.61. The number of nitrogens with one attached hydrogen (secondary N) is 1. The molecule has 0 radical (unpaired) electrons. The van der Waals surface area contributed by atoms with E-state index < -0.39 is 0 Å². The Balaban J connectivity index is 0.000000720. The molecule has 2 rings (SSSR count). The van der Waals surface area contributed by atoms with Crippen molar-refractivity contribution in [3.8, 4) is 6.07 Å². The van der Waals surface area contributed by atoms with Gasteiger partial charge < -0.3 is 5.32 Å². The summed E-state index contributed by atoms with van der Waals surface area (Å²) in [5.74, 6) is 0. The molecule has 0 aliphatic carbocycles. The predicted octanol–water partition coefficient (Wildman–Crippen LogP) is 1.69. The van der Waals surface area contributed by atoms with Crippen molar-refractivity contribution in [2.45, 2.75) is 13.0 Å². The van der Waals surface area contributed by atoms with E-state index in [2.05, 4.69) is 11.4 Å². The molecular weight excluding hydrogens is 192 g/mol. The van der Waals surface area contributed by atoms with E-state index in [1.807, 2.05) is 6.07 Å². The third-order valence-corrected chi connectivity index (χ3v) is 2.95. The number of hydrogen-bond donors (Lipinski definition) is 1. The smallest absolute Gasteiger partial charge is 0.110 e. The van der Waals surface area contributed by atoms with Crippen molar-refractivity contribution in [3.05, 3.63) is 21.4 Å². The second-order valence-corrected chi connectivity index (χ2v) is 3.73. The molecule has 0 unspecified atom stereocenters. The highest BCUT2D eigenvalue weighted by atomic mass is 35.5. The molecule has 1 aromatic rings. The number of rotatable bonds is 0. The van der Waals surface area contributed by atoms with Crippen LogP contribution in [0, 0.1) is 11.3 Å². The first kappa shape index (κ1) is 9.53. The van der Waals surface area contributed by atoms with Gasteiger partial charge in [-0.05, 0) is 24.6 Å². The van der Waals surface area contributed by atoms with Gasteiger partial charge in [0.15, 0.2) is 0 Å². The van der Waals surface area contributed by atoms with E-state index in [0.29, 0.717) is 0 Å². The largest absolute Gasteiger partial charge is 0.312 e. The molecule has 0 saturated carbocycles. The average Bonchev–Trinajstić information content (AvgIpc) is 2.46. The van der Waals surface area contributed by atoms with Crippen molar-refractivity contribution < 1.29 is 0 Å². The molecule has 0 amide bonds. The van der Waals surface area contributed by atoms with Crippen LogP contribution in [0.15, 0.2) is 6.07 Å². The summed E-state index contributed by atoms with van der Waals surface area (Å²) < 4.78 is 0. The lowest BCUT2D eigenvalue weighted by molar-refractivity contribution is 0.654. The standard InChI is InChI=1S/C8H8N2S.ClH/c9-4-7-3-6-1-2-10-5-8(6)11-7;/h3,10H,1-2,5H2;1H. The van der Waals surface area contributed by atoms with Crippen LogP contribution in [0.1, 0.15) is 15.3 Å². The summed E-state index contributed by atoms with van der Waals surface area (Å²) in [4.78, 5) is 2.19. The van der Waals surface area contributed by atoms with Crippen LogP contribution in [-0.4, -0.2) is 6.54 Å². The van der Waals surface area contributed by atoms with Gasteiger partial charge in [0.05, 0.1) is 0 Å². The highest BCUT2D eigenvalue weighted by molar-refractivity contribution is 7.12. The lowest BCUT2D eigenvalue weighted by atomic mass is 10.1. The van der Waals surface area contributed by atoms with Crippen LogP contribution in [0.2, 0.25) is 0 Å². The Morgan fingerprint density at radius 2 is 2.42 bits per heavy atom. The highest BCUT2D eigenvalue weighted by Crippen LogP contribution is 2.24. The highest BCUT2D eigenvalue weighted by Gasteiger charge is 2.11. The van der Waals surface area contributed by atoms with Gasteiger partial charge in [0.1, 0.15) is 10.9 Å². The minimum atomic E-state index is 0. The Kier molecular flexibility index (Phi) is 3.10. The number of fused-ring (bicyclic) bond motifs is 1. The fourth-order valence-corrected chi connectivity index (χ4v) is 2.29. The van der Waals surface area contributed by atoms with Gasteiger partial charge in [0.2, 0.25) is 0 Å². The first-order valence-corrected chi connectivity index (χ1v) is 4.44. The van der Waals surface area contributed by atoms with E-state index in [1.165, 1.54) is 10.4 Å². The molecule has 12 heavy (non-hydrogen) atoms. The Bertz CT molecular complexity index is 290. The fourth-order valence-electron chi connectivity index (χ4n) is 1.31. The molecule has 0 atom stereocenters. The van der Waals surface area contributed by atoms with Crippen LogP contribution in [0.3, 0.4) is 0 Å². The van der Waals surface area contributed by atoms with Gasteiger partial charge in [0.25, 0.3) is 0 Å². The first-order valence-electron chi connectivity index (χ1n) is 3.62. The Hall–Kier alpha value is -0.560. The molecule has 2 nitrogen and oxygen atoms in total. The molecule has 0 fully saturated rings. The molecule has 0 bridgehead atoms. The summed E-state index contributed by atoms with van der Waals surface area (Å²) in [6.07, 6.45) is 1.08. The van der Waals surface area contributed by atoms with Crippen molar-refractivity contribution in [2.24, 2.45) is 0 Å². The van der Waals surface area contributed by atoms with Crippen LogP contribution >= 0.6 is 23.7 Å². The third-order valence-electron chi connectivity index (χ3n) is 1.86. The Morgan fingerprint density at radius 3 is 3.08 bits per heavy atom. The molecule has 64 valence electrons. The number of nitriles is 1. The van der Waals surface area contributed by atoms with E-state index in [1.54, 1.807) is 11.3 Å². The molecule has 0 saturated heterocycles. The van der Waals surface area contributed by atoms with E-state index in [4.69, 9.17) is 5.26 Å². The van der Waals surface area contributed by atoms with Crippen LogP contribution in [0.25, 0.3) is 0 Å². The van der Waals surface area contributed by atoms with Crippen molar-refractivity contribution >= 4 is 23.7 Å². The maximum Gasteiger partial charge on any atom is 0.110 e. The summed E-state index contributed by atoms with van der Waals surface area (Å²) in [6, 6.07) is 4.19. The zero-order chi connectivity index (χ0) is 7.68. The van der Waals surface area contributed by atoms with Gasteiger partial charge in [-0.3, -0.25) is 0 Å². The molecule has 1 aliphatic heterocycles. The van der Waals surface area contributed by atoms with E-state index in [0.717, 1.165) is 24.4 Å². The topological polar surface area (TPSA) is 35.8 Å². The first-order chi connectivity index (χ1) is 5.40. The summed E-state index contributed by atoms with van der Waals surface area (Å²) in [5.41, 5.74) is 1.37. The Labute approximate surface area is 81.6 Å². The maximum absolute atomic E-state index is 8.63. The van der Waals surface area contributed by atoms with Gasteiger partial charge in [-0.2, -0.15) is 5.26 Å². The van der Waals surface area contributed by atoms with Gasteiger partial charge in [-0.15, -0.1) is 23.7 Å². The number of nitrogens with zero attached hydrogens (tertiary/aromatic N) is 1. The SMILES string of the molecule is Cl.N#Cc1cc2c(s1)CNCC2. The third kappa shape index (κ3) is 1.61. The Morgan fingerprint density at radius 1 is 1.58 bits per heavy atom. The maximum atomic E-state index is 8.63. The molecule has 0 spiro atoms. The van der Waals surface area contributed by atoms with E-state index in [9.17, 15) is 0 Å². The molecule has 0 aromatic carbocycles. The van der Waals surface area contributed by atoms with E-state index in [-0.39, 0.29) is 12.4 Å². The van der Waals surface area contributed by atoms with Crippen molar-refractivity contribution in [1.82, 2.24) is 5.32 Å². The fraction of sp³-hybridized carbons (Fsp3) is 0.375. The molecule has 1 N–H and O–H groups in total. The second-order valence-electron chi connectivity index (χ2n) is 2.60. The molecule has 1 aliphatic rings. The second kappa shape index (κ2) is 3.90. The lowest BCUT2D eigenvalue weighted by Gasteiger charge is -2.10. The molecule has 1 aromatic heterocycles. The van der Waals surface area contributed by atoms with Gasteiger partial charge in [0, 0.05) is 11.4 Å². The average molecular weight is 201 g/mol. The minimum absolute atomic E-state index is 0. The normalized spacial score (nSPS) is 14.2. The van der Waals surface area contributed by atoms with Gasteiger partial charge in [-0.1, -0.05) is 0 Å². The number of halogens is 1. The predicted molar refractivity (Wildman–Crippen MR) is 51.7 cm³/mol. The lowest BCUT2D eigenvalue weighted by Crippen LogP contribution is -2.21. The number of thiophene rings is 1. The zero-order valence-corrected chi connectivity index (χ0v) is 8.10. The number of hydrogen-bond acceptors (Lipinski definition) is 3. The van der Waals surface area contributed by atoms with Crippen LogP contribution in [0.4, 0.5) is 0 Å². The molecular formula is C8H9ClN2S. The van der Waals surface area contributed by atoms with E-state index >= 15 is 0 Å². The molecule has 4 heteroatoms. The van der Waals surface area contributed by atoms with Crippen LogP contribution in [-0.2, 0) is 13.0 Å². The van der Waals surface area contributed by atoms with Crippen molar-refractivity contribution in [2.75, 3.05) is 6.54 Å². The van der Waals surface area contributed by atoms with Crippen molar-refractivity contribution in [1.29, 1.82) is 5.26 Å². The van der Waals surface area contributed by atoms with Gasteiger partial charge >= 0.3 is 0 Å². The van der Waals surface area contributed by atoms with Crippen LogP contribution in [0.5, 0.6) is 0 Å². The summed E-state index contributed by atoms with van der Waals surface area (Å²) in [7, 11) is 0. The monoisotopic (exact) mass is 200 g/mol. The zero-order valence-electron chi connectivity index (χ0n) is 6.46. The quantitative estimate of drug-likeness (QED) is 0.692. The van der Waals surface area contributed by atoms with Crippen LogP contribution < -0.4 is 5.32 Å². The molecule has 2 heterocycles.